The first-order chi connectivity index (χ1) is 9.06. The molecule has 1 heterocycles. The summed E-state index contributed by atoms with van der Waals surface area (Å²) in [5.74, 6) is 0.380. The zero-order chi connectivity index (χ0) is 14.3. The molecule has 0 bridgehead atoms. The fourth-order valence-electron chi connectivity index (χ4n) is 1.69. The van der Waals surface area contributed by atoms with Crippen molar-refractivity contribution in [3.05, 3.63) is 17.5 Å². The molecule has 0 saturated heterocycles. The van der Waals surface area contributed by atoms with E-state index in [0.29, 0.717) is 32.1 Å². The van der Waals surface area contributed by atoms with Gasteiger partial charge < -0.3 is 14.4 Å². The summed E-state index contributed by atoms with van der Waals surface area (Å²) in [6.45, 7) is 5.55. The maximum Gasteiger partial charge on any atom is 0.307 e. The molecule has 1 rings (SSSR count). The highest BCUT2D eigenvalue weighted by atomic mass is 16.5. The molecule has 106 valence electrons. The van der Waals surface area contributed by atoms with Crippen LogP contribution in [-0.2, 0) is 14.3 Å². The number of ether oxygens (including phenoxy) is 2. The van der Waals surface area contributed by atoms with Crippen LogP contribution in [0, 0.1) is 13.8 Å². The van der Waals surface area contributed by atoms with E-state index in [9.17, 15) is 4.79 Å². The summed E-state index contributed by atoms with van der Waals surface area (Å²) in [5.41, 5.74) is 1.81. The van der Waals surface area contributed by atoms with Gasteiger partial charge in [0.05, 0.1) is 20.1 Å². The molecule has 6 heteroatoms. The molecule has 1 aromatic heterocycles. The minimum atomic E-state index is -0.244. The third-order valence-corrected chi connectivity index (χ3v) is 2.63. The molecule has 0 fully saturated rings. The number of anilines is 1. The van der Waals surface area contributed by atoms with Gasteiger partial charge in [-0.05, 0) is 19.9 Å². The van der Waals surface area contributed by atoms with E-state index in [4.69, 9.17) is 4.74 Å². The molecule has 0 saturated carbocycles. The number of methoxy groups -OCH3 is 2. The monoisotopic (exact) mass is 267 g/mol. The Bertz CT molecular complexity index is 403. The standard InChI is InChI=1S/C13H21N3O3/c1-10-9-11(2)15-13(14-10)16(7-8-18-3)6-5-12(17)19-4/h9H,5-8H2,1-4H3. The summed E-state index contributed by atoms with van der Waals surface area (Å²) in [6.07, 6.45) is 0.302. The lowest BCUT2D eigenvalue weighted by Gasteiger charge is -2.22. The SMILES string of the molecule is COCCN(CCC(=O)OC)c1nc(C)cc(C)n1. The summed E-state index contributed by atoms with van der Waals surface area (Å²) in [7, 11) is 3.02. The molecule has 1 aromatic rings. The van der Waals surface area contributed by atoms with Gasteiger partial charge in [-0.15, -0.1) is 0 Å². The average molecular weight is 267 g/mol. The molecule has 0 radical (unpaired) electrons. The van der Waals surface area contributed by atoms with Crippen molar-refractivity contribution >= 4 is 11.9 Å². The number of hydrogen-bond acceptors (Lipinski definition) is 6. The van der Waals surface area contributed by atoms with E-state index in [2.05, 4.69) is 14.7 Å². The lowest BCUT2D eigenvalue weighted by atomic mass is 10.3. The first-order valence-corrected chi connectivity index (χ1v) is 6.19. The van der Waals surface area contributed by atoms with Gasteiger partial charge in [-0.3, -0.25) is 4.79 Å². The molecule has 0 aliphatic heterocycles. The number of aromatic nitrogens is 2. The molecule has 0 aromatic carbocycles. The molecule has 0 atom stereocenters. The average Bonchev–Trinajstić information content (AvgIpc) is 2.37. The molecule has 0 aliphatic carbocycles. The summed E-state index contributed by atoms with van der Waals surface area (Å²) in [4.78, 5) is 22.0. The molecule has 19 heavy (non-hydrogen) atoms. The first-order valence-electron chi connectivity index (χ1n) is 6.19. The molecule has 0 aliphatic rings. The first kappa shape index (κ1) is 15.4. The minimum absolute atomic E-state index is 0.244. The molecular weight excluding hydrogens is 246 g/mol. The highest BCUT2D eigenvalue weighted by molar-refractivity contribution is 5.69. The lowest BCUT2D eigenvalue weighted by Crippen LogP contribution is -2.31. The van der Waals surface area contributed by atoms with E-state index in [-0.39, 0.29) is 5.97 Å². The van der Waals surface area contributed by atoms with Crippen LogP contribution in [0.25, 0.3) is 0 Å². The van der Waals surface area contributed by atoms with Crippen molar-refractivity contribution in [1.29, 1.82) is 0 Å². The van der Waals surface area contributed by atoms with Gasteiger partial charge >= 0.3 is 5.97 Å². The second-order valence-corrected chi connectivity index (χ2v) is 4.26. The van der Waals surface area contributed by atoms with Gasteiger partial charge in [0.2, 0.25) is 5.95 Å². The topological polar surface area (TPSA) is 64.5 Å². The number of rotatable bonds is 7. The van der Waals surface area contributed by atoms with Gasteiger partial charge in [0.25, 0.3) is 0 Å². The van der Waals surface area contributed by atoms with E-state index >= 15 is 0 Å². The van der Waals surface area contributed by atoms with Crippen LogP contribution in [-0.4, -0.2) is 49.9 Å². The molecular formula is C13H21N3O3. The van der Waals surface area contributed by atoms with Gasteiger partial charge in [-0.2, -0.15) is 0 Å². The molecule has 0 spiro atoms. The van der Waals surface area contributed by atoms with Crippen LogP contribution in [0.1, 0.15) is 17.8 Å². The third-order valence-electron chi connectivity index (χ3n) is 2.63. The van der Waals surface area contributed by atoms with E-state index in [0.717, 1.165) is 11.4 Å². The number of esters is 1. The Hall–Kier alpha value is -1.69. The van der Waals surface area contributed by atoms with E-state index < -0.39 is 0 Å². The Morgan fingerprint density at radius 3 is 2.37 bits per heavy atom. The Morgan fingerprint density at radius 1 is 1.21 bits per heavy atom. The summed E-state index contributed by atoms with van der Waals surface area (Å²) < 4.78 is 9.72. The van der Waals surface area contributed by atoms with Crippen LogP contribution < -0.4 is 4.90 Å². The smallest absolute Gasteiger partial charge is 0.307 e. The fraction of sp³-hybridized carbons (Fsp3) is 0.615. The predicted molar refractivity (Wildman–Crippen MR) is 72.2 cm³/mol. The summed E-state index contributed by atoms with van der Waals surface area (Å²) in [5, 5.41) is 0. The zero-order valence-corrected chi connectivity index (χ0v) is 12.0. The van der Waals surface area contributed by atoms with Gasteiger partial charge in [0, 0.05) is 31.6 Å². The fourth-order valence-corrected chi connectivity index (χ4v) is 1.69. The predicted octanol–water partition coefficient (Wildman–Crippen LogP) is 1.11. The van der Waals surface area contributed by atoms with Gasteiger partial charge in [-0.25, -0.2) is 9.97 Å². The van der Waals surface area contributed by atoms with Gasteiger partial charge in [0.1, 0.15) is 0 Å². The van der Waals surface area contributed by atoms with Crippen molar-refractivity contribution < 1.29 is 14.3 Å². The van der Waals surface area contributed by atoms with Crippen molar-refractivity contribution in [1.82, 2.24) is 9.97 Å². The van der Waals surface area contributed by atoms with Crippen LogP contribution in [0.4, 0.5) is 5.95 Å². The maximum absolute atomic E-state index is 11.2. The largest absolute Gasteiger partial charge is 0.469 e. The van der Waals surface area contributed by atoms with Crippen LogP contribution in [0.2, 0.25) is 0 Å². The van der Waals surface area contributed by atoms with Crippen LogP contribution in [0.5, 0.6) is 0 Å². The lowest BCUT2D eigenvalue weighted by molar-refractivity contribution is -0.140. The second-order valence-electron chi connectivity index (χ2n) is 4.26. The molecule has 0 N–H and O–H groups in total. The number of carbonyl (C=O) groups excluding carboxylic acids is 1. The highest BCUT2D eigenvalue weighted by Crippen LogP contribution is 2.10. The Balaban J connectivity index is 2.79. The van der Waals surface area contributed by atoms with Crippen molar-refractivity contribution in [2.45, 2.75) is 20.3 Å². The quantitative estimate of drug-likeness (QED) is 0.690. The zero-order valence-electron chi connectivity index (χ0n) is 12.0. The molecule has 6 nitrogen and oxygen atoms in total. The Labute approximate surface area is 113 Å². The number of aryl methyl sites for hydroxylation is 2. The molecule has 0 unspecified atom stereocenters. The van der Waals surface area contributed by atoms with E-state index in [1.165, 1.54) is 7.11 Å². The van der Waals surface area contributed by atoms with Crippen molar-refractivity contribution in [3.8, 4) is 0 Å². The minimum Gasteiger partial charge on any atom is -0.469 e. The number of carbonyl (C=O) groups is 1. The van der Waals surface area contributed by atoms with Crippen molar-refractivity contribution in [2.24, 2.45) is 0 Å². The molecule has 0 amide bonds. The van der Waals surface area contributed by atoms with E-state index in [1.807, 2.05) is 24.8 Å². The van der Waals surface area contributed by atoms with Gasteiger partial charge in [-0.1, -0.05) is 0 Å². The van der Waals surface area contributed by atoms with Crippen molar-refractivity contribution in [2.75, 3.05) is 38.8 Å². The normalized spacial score (nSPS) is 10.3. The maximum atomic E-state index is 11.2. The van der Waals surface area contributed by atoms with Gasteiger partial charge in [0.15, 0.2) is 0 Å². The summed E-state index contributed by atoms with van der Waals surface area (Å²) in [6, 6.07) is 1.91. The second kappa shape index (κ2) is 7.68. The van der Waals surface area contributed by atoms with E-state index in [1.54, 1.807) is 7.11 Å². The van der Waals surface area contributed by atoms with Crippen molar-refractivity contribution in [3.63, 3.8) is 0 Å². The third kappa shape index (κ3) is 5.21. The number of hydrogen-bond donors (Lipinski definition) is 0. The van der Waals surface area contributed by atoms with Crippen LogP contribution in [0.15, 0.2) is 6.07 Å². The van der Waals surface area contributed by atoms with Crippen LogP contribution in [0.3, 0.4) is 0 Å². The Kier molecular flexibility index (Phi) is 6.21. The Morgan fingerprint density at radius 2 is 1.84 bits per heavy atom. The van der Waals surface area contributed by atoms with Crippen LogP contribution >= 0.6 is 0 Å². The highest BCUT2D eigenvalue weighted by Gasteiger charge is 2.12. The number of nitrogens with zero attached hydrogens (tertiary/aromatic N) is 3. The summed E-state index contributed by atoms with van der Waals surface area (Å²) >= 11 is 0.